The van der Waals surface area contributed by atoms with Crippen LogP contribution >= 0.6 is 0 Å². The van der Waals surface area contributed by atoms with Crippen LogP contribution in [0, 0.1) is 5.92 Å². The molecule has 0 spiro atoms. The SMILES string of the molecule is CC1CCN(S(=O)(=O)NC2(CN)CCCCCC2)CC1. The molecule has 2 rings (SSSR count). The molecule has 1 saturated carbocycles. The van der Waals surface area contributed by atoms with E-state index in [1.807, 2.05) is 0 Å². The van der Waals surface area contributed by atoms with Gasteiger partial charge in [-0.3, -0.25) is 0 Å². The fraction of sp³-hybridized carbons (Fsp3) is 1.00. The van der Waals surface area contributed by atoms with Crippen LogP contribution in [0.4, 0.5) is 0 Å². The van der Waals surface area contributed by atoms with Gasteiger partial charge in [0.15, 0.2) is 0 Å². The van der Waals surface area contributed by atoms with Crippen molar-refractivity contribution in [2.45, 2.75) is 63.8 Å². The first-order valence-electron chi connectivity index (χ1n) is 7.97. The minimum atomic E-state index is -3.39. The van der Waals surface area contributed by atoms with Gasteiger partial charge in [0.2, 0.25) is 0 Å². The summed E-state index contributed by atoms with van der Waals surface area (Å²) in [6.07, 6.45) is 8.15. The van der Waals surface area contributed by atoms with Crippen molar-refractivity contribution in [3.63, 3.8) is 0 Å². The van der Waals surface area contributed by atoms with Crippen molar-refractivity contribution >= 4 is 10.2 Å². The summed E-state index contributed by atoms with van der Waals surface area (Å²) < 4.78 is 29.8. The summed E-state index contributed by atoms with van der Waals surface area (Å²) in [7, 11) is -3.39. The van der Waals surface area contributed by atoms with Crippen molar-refractivity contribution in [3.05, 3.63) is 0 Å². The van der Waals surface area contributed by atoms with Gasteiger partial charge in [-0.2, -0.15) is 17.4 Å². The third-order valence-corrected chi connectivity index (χ3v) is 6.62. The molecule has 1 saturated heterocycles. The molecule has 5 nitrogen and oxygen atoms in total. The molecule has 6 heteroatoms. The number of nitrogens with two attached hydrogens (primary N) is 1. The Labute approximate surface area is 123 Å². The molecule has 20 heavy (non-hydrogen) atoms. The molecular formula is C14H29N3O2S. The Morgan fingerprint density at radius 1 is 1.15 bits per heavy atom. The van der Waals surface area contributed by atoms with E-state index >= 15 is 0 Å². The molecular weight excluding hydrogens is 274 g/mol. The zero-order valence-corrected chi connectivity index (χ0v) is 13.4. The minimum Gasteiger partial charge on any atom is -0.329 e. The van der Waals surface area contributed by atoms with Crippen LogP contribution in [0.15, 0.2) is 0 Å². The van der Waals surface area contributed by atoms with Gasteiger partial charge in [0.25, 0.3) is 10.2 Å². The molecule has 0 radical (unpaired) electrons. The summed E-state index contributed by atoms with van der Waals surface area (Å²) in [5, 5.41) is 0. The third-order valence-electron chi connectivity index (χ3n) is 4.88. The second kappa shape index (κ2) is 6.73. The molecule has 0 aromatic rings. The predicted molar refractivity (Wildman–Crippen MR) is 81.5 cm³/mol. The second-order valence-electron chi connectivity index (χ2n) is 6.59. The largest absolute Gasteiger partial charge is 0.329 e. The van der Waals surface area contributed by atoms with Gasteiger partial charge >= 0.3 is 0 Å². The van der Waals surface area contributed by atoms with E-state index in [4.69, 9.17) is 5.73 Å². The highest BCUT2D eigenvalue weighted by atomic mass is 32.2. The van der Waals surface area contributed by atoms with Gasteiger partial charge in [0.1, 0.15) is 0 Å². The van der Waals surface area contributed by atoms with Gasteiger partial charge in [0.05, 0.1) is 0 Å². The van der Waals surface area contributed by atoms with Crippen LogP contribution in [0.1, 0.15) is 58.3 Å². The summed E-state index contributed by atoms with van der Waals surface area (Å²) in [5.41, 5.74) is 5.50. The van der Waals surface area contributed by atoms with E-state index in [1.165, 1.54) is 12.8 Å². The normalized spacial score (nSPS) is 26.3. The Morgan fingerprint density at radius 3 is 2.20 bits per heavy atom. The molecule has 0 unspecified atom stereocenters. The van der Waals surface area contributed by atoms with Crippen LogP contribution in [0.3, 0.4) is 0 Å². The number of hydrogen-bond donors (Lipinski definition) is 2. The molecule has 0 amide bonds. The van der Waals surface area contributed by atoms with Gasteiger partial charge in [0, 0.05) is 25.2 Å². The lowest BCUT2D eigenvalue weighted by molar-refractivity contribution is 0.270. The second-order valence-corrected chi connectivity index (χ2v) is 8.26. The lowest BCUT2D eigenvalue weighted by Gasteiger charge is -2.36. The minimum absolute atomic E-state index is 0.399. The summed E-state index contributed by atoms with van der Waals surface area (Å²) in [4.78, 5) is 0. The first kappa shape index (κ1) is 16.2. The highest BCUT2D eigenvalue weighted by Gasteiger charge is 2.37. The van der Waals surface area contributed by atoms with Gasteiger partial charge in [-0.15, -0.1) is 0 Å². The van der Waals surface area contributed by atoms with E-state index in [0.717, 1.165) is 38.5 Å². The lowest BCUT2D eigenvalue weighted by atomic mass is 9.92. The molecule has 0 atom stereocenters. The number of nitrogens with one attached hydrogen (secondary N) is 1. The quantitative estimate of drug-likeness (QED) is 0.775. The average Bonchev–Trinajstić information content (AvgIpc) is 2.65. The van der Waals surface area contributed by atoms with Crippen LogP contribution < -0.4 is 10.5 Å². The van der Waals surface area contributed by atoms with Crippen molar-refractivity contribution in [3.8, 4) is 0 Å². The maximum Gasteiger partial charge on any atom is 0.279 e. The van der Waals surface area contributed by atoms with Gasteiger partial charge in [-0.1, -0.05) is 32.6 Å². The smallest absolute Gasteiger partial charge is 0.279 e. The highest BCUT2D eigenvalue weighted by molar-refractivity contribution is 7.87. The lowest BCUT2D eigenvalue weighted by Crippen LogP contribution is -2.57. The molecule has 118 valence electrons. The van der Waals surface area contributed by atoms with Crippen molar-refractivity contribution in [2.24, 2.45) is 11.7 Å². The van der Waals surface area contributed by atoms with Crippen molar-refractivity contribution in [2.75, 3.05) is 19.6 Å². The Morgan fingerprint density at radius 2 is 1.70 bits per heavy atom. The Bertz CT molecular complexity index is 395. The van der Waals surface area contributed by atoms with Crippen molar-refractivity contribution < 1.29 is 8.42 Å². The Kier molecular flexibility index (Phi) is 5.45. The molecule has 3 N–H and O–H groups in total. The fourth-order valence-electron chi connectivity index (χ4n) is 3.32. The molecule has 0 aromatic heterocycles. The van der Waals surface area contributed by atoms with E-state index in [0.29, 0.717) is 25.6 Å². The fourth-order valence-corrected chi connectivity index (χ4v) is 4.97. The van der Waals surface area contributed by atoms with Crippen molar-refractivity contribution in [1.29, 1.82) is 0 Å². The van der Waals surface area contributed by atoms with E-state index in [-0.39, 0.29) is 0 Å². The number of piperidine rings is 1. The van der Waals surface area contributed by atoms with Gasteiger partial charge < -0.3 is 5.73 Å². The summed E-state index contributed by atoms with van der Waals surface area (Å²) in [6.45, 7) is 3.86. The number of hydrogen-bond acceptors (Lipinski definition) is 3. The predicted octanol–water partition coefficient (Wildman–Crippen LogP) is 1.60. The number of rotatable bonds is 4. The zero-order valence-electron chi connectivity index (χ0n) is 12.6. The molecule has 1 aliphatic heterocycles. The van der Waals surface area contributed by atoms with Crippen LogP contribution in [-0.4, -0.2) is 37.9 Å². The maximum absolute atomic E-state index is 12.6. The standard InChI is InChI=1S/C14H29N3O2S/c1-13-6-10-17(11-7-13)20(18,19)16-14(12-15)8-4-2-3-5-9-14/h13,16H,2-12,15H2,1H3. The number of nitrogens with zero attached hydrogens (tertiary/aromatic N) is 1. The monoisotopic (exact) mass is 303 g/mol. The zero-order chi connectivity index (χ0) is 14.6. The van der Waals surface area contributed by atoms with Crippen LogP contribution in [0.2, 0.25) is 0 Å². The summed E-state index contributed by atoms with van der Waals surface area (Å²) >= 11 is 0. The average molecular weight is 303 g/mol. The molecule has 1 aliphatic carbocycles. The molecule has 0 aromatic carbocycles. The Balaban J connectivity index is 2.05. The van der Waals surface area contributed by atoms with Gasteiger partial charge in [-0.05, 0) is 31.6 Å². The summed E-state index contributed by atoms with van der Waals surface area (Å²) in [5.74, 6) is 0.628. The van der Waals surface area contributed by atoms with E-state index in [1.54, 1.807) is 4.31 Å². The van der Waals surface area contributed by atoms with E-state index in [2.05, 4.69) is 11.6 Å². The van der Waals surface area contributed by atoms with Crippen LogP contribution in [-0.2, 0) is 10.2 Å². The van der Waals surface area contributed by atoms with Crippen LogP contribution in [0.25, 0.3) is 0 Å². The Hall–Kier alpha value is -0.170. The van der Waals surface area contributed by atoms with Crippen LogP contribution in [0.5, 0.6) is 0 Å². The topological polar surface area (TPSA) is 75.4 Å². The molecule has 1 heterocycles. The van der Waals surface area contributed by atoms with Gasteiger partial charge in [-0.25, -0.2) is 0 Å². The molecule has 0 bridgehead atoms. The highest BCUT2D eigenvalue weighted by Crippen LogP contribution is 2.28. The maximum atomic E-state index is 12.6. The van der Waals surface area contributed by atoms with E-state index in [9.17, 15) is 8.42 Å². The molecule has 2 fully saturated rings. The first-order chi connectivity index (χ1) is 9.47. The van der Waals surface area contributed by atoms with Crippen molar-refractivity contribution in [1.82, 2.24) is 9.03 Å². The summed E-state index contributed by atoms with van der Waals surface area (Å²) in [6, 6.07) is 0. The first-order valence-corrected chi connectivity index (χ1v) is 9.41. The third kappa shape index (κ3) is 3.93. The van der Waals surface area contributed by atoms with E-state index < -0.39 is 15.7 Å². The molecule has 2 aliphatic rings.